The summed E-state index contributed by atoms with van der Waals surface area (Å²) in [5.74, 6) is 1.69. The van der Waals surface area contributed by atoms with Crippen LogP contribution in [-0.2, 0) is 23.0 Å². The lowest BCUT2D eigenvalue weighted by atomic mass is 10.2. The number of nitrogens with zero attached hydrogens (tertiary/aromatic N) is 2. The Morgan fingerprint density at radius 1 is 1.26 bits per heavy atom. The zero-order chi connectivity index (χ0) is 21.8. The lowest BCUT2D eigenvalue weighted by molar-refractivity contribution is 0.256. The minimum atomic E-state index is -3.69. The van der Waals surface area contributed by atoms with Gasteiger partial charge in [-0.1, -0.05) is 12.1 Å². The summed E-state index contributed by atoms with van der Waals surface area (Å²) in [6.07, 6.45) is 6.17. The predicted octanol–water partition coefficient (Wildman–Crippen LogP) is 1.83. The molecule has 0 radical (unpaired) electrons. The van der Waals surface area contributed by atoms with Crippen LogP contribution in [-0.4, -0.2) is 50.5 Å². The highest BCUT2D eigenvalue weighted by molar-refractivity contribution is 7.89. The summed E-state index contributed by atoms with van der Waals surface area (Å²) in [5.41, 5.74) is 0.916. The molecule has 0 bridgehead atoms. The molecular formula is C22H31N5O3S. The van der Waals surface area contributed by atoms with E-state index in [1.807, 2.05) is 12.1 Å². The summed E-state index contributed by atoms with van der Waals surface area (Å²) < 4.78 is 28.3. The summed E-state index contributed by atoms with van der Waals surface area (Å²) in [6.45, 7) is 4.48. The average molecular weight is 446 g/mol. The molecule has 2 heterocycles. The van der Waals surface area contributed by atoms with E-state index in [4.69, 9.17) is 14.5 Å². The van der Waals surface area contributed by atoms with E-state index >= 15 is 0 Å². The maximum absolute atomic E-state index is 11.4. The van der Waals surface area contributed by atoms with Crippen molar-refractivity contribution in [2.24, 2.45) is 10.1 Å². The molecule has 2 aliphatic rings. The summed E-state index contributed by atoms with van der Waals surface area (Å²) in [7, 11) is -3.69. The second-order valence-electron chi connectivity index (χ2n) is 8.46. The van der Waals surface area contributed by atoms with Crippen LogP contribution in [0, 0.1) is 0 Å². The van der Waals surface area contributed by atoms with Gasteiger partial charge in [0, 0.05) is 37.6 Å². The van der Waals surface area contributed by atoms with Crippen molar-refractivity contribution >= 4 is 16.0 Å². The highest BCUT2D eigenvalue weighted by Gasteiger charge is 2.38. The normalized spacial score (nSPS) is 22.6. The number of guanidine groups is 1. The van der Waals surface area contributed by atoms with Crippen molar-refractivity contribution in [2.45, 2.75) is 62.2 Å². The Morgan fingerprint density at radius 2 is 2.03 bits per heavy atom. The number of furan rings is 1. The molecule has 31 heavy (non-hydrogen) atoms. The molecule has 4 N–H and O–H groups in total. The Bertz CT molecular complexity index is 985. The van der Waals surface area contributed by atoms with Crippen LogP contribution in [0.1, 0.15) is 37.5 Å². The highest BCUT2D eigenvalue weighted by Crippen LogP contribution is 2.33. The van der Waals surface area contributed by atoms with Crippen molar-refractivity contribution in [2.75, 3.05) is 13.1 Å². The Hall–Kier alpha value is -2.36. The van der Waals surface area contributed by atoms with E-state index in [2.05, 4.69) is 22.5 Å². The number of nitrogens with one attached hydrogen (secondary N) is 2. The van der Waals surface area contributed by atoms with E-state index in [1.165, 1.54) is 25.0 Å². The maximum atomic E-state index is 11.4. The Kier molecular flexibility index (Phi) is 6.64. The fraction of sp³-hybridized carbons (Fsp3) is 0.500. The first kappa shape index (κ1) is 21.9. The third-order valence-corrected chi connectivity index (χ3v) is 6.82. The molecule has 1 aromatic heterocycles. The molecule has 1 aliphatic heterocycles. The standard InChI is InChI=1S/C22H31N5O3S/c1-16-13-18(15-27(16)19-6-7-19)26-22(24-11-10-20-3-2-12-30-20)25-14-17-4-8-21(9-5-17)31(23,28)29/h2-5,8-9,12,16,18-19H,6-7,10-11,13-15H2,1H3,(H2,23,28,29)(H2,24,25,26). The zero-order valence-electron chi connectivity index (χ0n) is 17.8. The molecule has 1 aliphatic carbocycles. The van der Waals surface area contributed by atoms with Crippen LogP contribution in [0.25, 0.3) is 0 Å². The molecule has 1 saturated heterocycles. The first-order chi connectivity index (χ1) is 14.9. The van der Waals surface area contributed by atoms with Gasteiger partial charge in [-0.3, -0.25) is 4.90 Å². The van der Waals surface area contributed by atoms with Crippen LogP contribution < -0.4 is 15.8 Å². The van der Waals surface area contributed by atoms with E-state index in [9.17, 15) is 8.42 Å². The number of nitrogens with two attached hydrogens (primary N) is 1. The lowest BCUT2D eigenvalue weighted by Gasteiger charge is -2.20. The van der Waals surface area contributed by atoms with Crippen molar-refractivity contribution in [1.82, 2.24) is 15.5 Å². The smallest absolute Gasteiger partial charge is 0.238 e. The summed E-state index contributed by atoms with van der Waals surface area (Å²) >= 11 is 0. The minimum Gasteiger partial charge on any atom is -0.469 e. The van der Waals surface area contributed by atoms with Crippen LogP contribution in [0.15, 0.2) is 57.0 Å². The fourth-order valence-electron chi connectivity index (χ4n) is 4.14. The van der Waals surface area contributed by atoms with Gasteiger partial charge in [0.2, 0.25) is 10.0 Å². The first-order valence-corrected chi connectivity index (χ1v) is 12.4. The van der Waals surface area contributed by atoms with E-state index in [1.54, 1.807) is 18.4 Å². The lowest BCUT2D eigenvalue weighted by Crippen LogP contribution is -2.45. The van der Waals surface area contributed by atoms with Crippen molar-refractivity contribution in [3.05, 3.63) is 54.0 Å². The van der Waals surface area contributed by atoms with Gasteiger partial charge in [-0.2, -0.15) is 0 Å². The first-order valence-electron chi connectivity index (χ1n) is 10.8. The van der Waals surface area contributed by atoms with Gasteiger partial charge in [0.25, 0.3) is 0 Å². The monoisotopic (exact) mass is 445 g/mol. The zero-order valence-corrected chi connectivity index (χ0v) is 18.6. The fourth-order valence-corrected chi connectivity index (χ4v) is 4.65. The highest BCUT2D eigenvalue weighted by atomic mass is 32.2. The van der Waals surface area contributed by atoms with Gasteiger partial charge in [0.05, 0.1) is 17.7 Å². The number of hydrogen-bond donors (Lipinski definition) is 3. The molecule has 9 heteroatoms. The summed E-state index contributed by atoms with van der Waals surface area (Å²) in [5, 5.41) is 12.2. The van der Waals surface area contributed by atoms with Crippen molar-refractivity contribution in [1.29, 1.82) is 0 Å². The van der Waals surface area contributed by atoms with Crippen LogP contribution in [0.2, 0.25) is 0 Å². The molecule has 1 saturated carbocycles. The molecule has 0 amide bonds. The Balaban J connectivity index is 1.39. The van der Waals surface area contributed by atoms with Gasteiger partial charge in [0.1, 0.15) is 5.76 Å². The number of rotatable bonds is 8. The van der Waals surface area contributed by atoms with Crippen molar-refractivity contribution in [3.63, 3.8) is 0 Å². The third kappa shape index (κ3) is 6.09. The van der Waals surface area contributed by atoms with Crippen molar-refractivity contribution in [3.8, 4) is 0 Å². The predicted molar refractivity (Wildman–Crippen MR) is 120 cm³/mol. The quantitative estimate of drug-likeness (QED) is 0.422. The number of likely N-dealkylation sites (tertiary alicyclic amines) is 1. The van der Waals surface area contributed by atoms with Gasteiger partial charge in [-0.15, -0.1) is 0 Å². The minimum absolute atomic E-state index is 0.107. The molecule has 2 atom stereocenters. The second-order valence-corrected chi connectivity index (χ2v) is 10.0. The summed E-state index contributed by atoms with van der Waals surface area (Å²) in [6, 6.07) is 12.1. The molecule has 1 aromatic carbocycles. The topological polar surface area (TPSA) is 113 Å². The third-order valence-electron chi connectivity index (χ3n) is 5.90. The molecular weight excluding hydrogens is 414 g/mol. The Labute approximate surface area is 184 Å². The average Bonchev–Trinajstić information content (AvgIpc) is 3.31. The van der Waals surface area contributed by atoms with Gasteiger partial charge in [-0.05, 0) is 56.0 Å². The van der Waals surface area contributed by atoms with Crippen molar-refractivity contribution < 1.29 is 12.8 Å². The van der Waals surface area contributed by atoms with Crippen LogP contribution in [0.5, 0.6) is 0 Å². The largest absolute Gasteiger partial charge is 0.469 e. The van der Waals surface area contributed by atoms with Gasteiger partial charge in [0.15, 0.2) is 5.96 Å². The molecule has 4 rings (SSSR count). The van der Waals surface area contributed by atoms with E-state index in [-0.39, 0.29) is 4.90 Å². The Morgan fingerprint density at radius 3 is 2.68 bits per heavy atom. The van der Waals surface area contributed by atoms with Gasteiger partial charge < -0.3 is 15.1 Å². The summed E-state index contributed by atoms with van der Waals surface area (Å²) in [4.78, 5) is 7.45. The maximum Gasteiger partial charge on any atom is 0.238 e. The molecule has 8 nitrogen and oxygen atoms in total. The molecule has 168 valence electrons. The van der Waals surface area contributed by atoms with Crippen LogP contribution in [0.4, 0.5) is 0 Å². The number of hydrogen-bond acceptors (Lipinski definition) is 5. The van der Waals surface area contributed by atoms with E-state index in [0.29, 0.717) is 25.2 Å². The van der Waals surface area contributed by atoms with Gasteiger partial charge >= 0.3 is 0 Å². The van der Waals surface area contributed by atoms with Crippen LogP contribution >= 0.6 is 0 Å². The molecule has 2 unspecified atom stereocenters. The molecule has 2 fully saturated rings. The van der Waals surface area contributed by atoms with E-state index in [0.717, 1.165) is 42.7 Å². The number of aliphatic imine (C=N–C) groups is 1. The number of primary sulfonamides is 1. The molecule has 0 spiro atoms. The number of benzene rings is 1. The van der Waals surface area contributed by atoms with Crippen LogP contribution in [0.3, 0.4) is 0 Å². The SMILES string of the molecule is CC1CC(NC(=NCc2ccc(S(N)(=O)=O)cc2)NCCc2ccco2)CN1C1CC1. The van der Waals surface area contributed by atoms with Gasteiger partial charge in [-0.25, -0.2) is 18.5 Å². The number of sulfonamides is 1. The second kappa shape index (κ2) is 9.42. The molecule has 2 aromatic rings. The van der Waals surface area contributed by atoms with E-state index < -0.39 is 10.0 Å².